The molecule has 26 heavy (non-hydrogen) atoms. The molecule has 0 aliphatic carbocycles. The zero-order chi connectivity index (χ0) is 19.5. The predicted molar refractivity (Wildman–Crippen MR) is 98.2 cm³/mol. The second kappa shape index (κ2) is 8.71. The third-order valence-electron chi connectivity index (χ3n) is 4.90. The van der Waals surface area contributed by atoms with Crippen molar-refractivity contribution in [1.82, 2.24) is 14.7 Å². The molecule has 1 aliphatic heterocycles. The summed E-state index contributed by atoms with van der Waals surface area (Å²) >= 11 is 1.80. The SMILES string of the molecule is Cc1ccc(CN2CC[C@@H](CN(C)C(=O)[C@@H](C)N(C)CC(F)(F)F)C2)s1. The highest BCUT2D eigenvalue weighted by Gasteiger charge is 2.34. The topological polar surface area (TPSA) is 26.8 Å². The van der Waals surface area contributed by atoms with E-state index in [1.54, 1.807) is 23.3 Å². The molecule has 1 aliphatic rings. The van der Waals surface area contributed by atoms with Gasteiger partial charge in [0.25, 0.3) is 0 Å². The van der Waals surface area contributed by atoms with Crippen molar-refractivity contribution in [1.29, 1.82) is 0 Å². The van der Waals surface area contributed by atoms with Gasteiger partial charge in [-0.3, -0.25) is 14.6 Å². The number of thiophene rings is 1. The number of carbonyl (C=O) groups is 1. The van der Waals surface area contributed by atoms with Gasteiger partial charge in [-0.15, -0.1) is 11.3 Å². The van der Waals surface area contributed by atoms with Crippen molar-refractivity contribution in [3.8, 4) is 0 Å². The molecule has 1 fully saturated rings. The number of hydrogen-bond donors (Lipinski definition) is 0. The van der Waals surface area contributed by atoms with Crippen molar-refractivity contribution in [3.05, 3.63) is 21.9 Å². The minimum Gasteiger partial charge on any atom is -0.344 e. The Bertz CT molecular complexity index is 605. The Labute approximate surface area is 157 Å². The fourth-order valence-electron chi connectivity index (χ4n) is 3.40. The Balaban J connectivity index is 1.79. The molecule has 1 aromatic heterocycles. The van der Waals surface area contributed by atoms with Gasteiger partial charge in [0.1, 0.15) is 0 Å². The van der Waals surface area contributed by atoms with Crippen molar-refractivity contribution in [2.75, 3.05) is 40.3 Å². The number of alkyl halides is 3. The minimum absolute atomic E-state index is 0.260. The highest BCUT2D eigenvalue weighted by molar-refractivity contribution is 7.11. The number of likely N-dealkylation sites (N-methyl/N-ethyl adjacent to an activating group) is 2. The standard InChI is InChI=1S/C18H28F3N3OS/c1-13-5-6-16(26-13)11-24-8-7-15(10-24)9-22(3)17(25)14(2)23(4)12-18(19,20)21/h5-6,14-15H,7-12H2,1-4H3/t14-,15+/m1/s1. The molecule has 0 unspecified atom stereocenters. The second-order valence-electron chi connectivity index (χ2n) is 7.33. The fourth-order valence-corrected chi connectivity index (χ4v) is 4.33. The lowest BCUT2D eigenvalue weighted by atomic mass is 10.1. The van der Waals surface area contributed by atoms with Crippen molar-refractivity contribution in [3.63, 3.8) is 0 Å². The first kappa shape index (κ1) is 21.2. The van der Waals surface area contributed by atoms with Gasteiger partial charge in [-0.25, -0.2) is 0 Å². The average molecular weight is 392 g/mol. The molecule has 1 aromatic rings. The second-order valence-corrected chi connectivity index (χ2v) is 8.70. The highest BCUT2D eigenvalue weighted by Crippen LogP contribution is 2.23. The lowest BCUT2D eigenvalue weighted by Gasteiger charge is -2.30. The minimum atomic E-state index is -4.30. The number of amides is 1. The lowest BCUT2D eigenvalue weighted by Crippen LogP contribution is -2.48. The summed E-state index contributed by atoms with van der Waals surface area (Å²) in [5.41, 5.74) is 0. The predicted octanol–water partition coefficient (Wildman–Crippen LogP) is 3.22. The van der Waals surface area contributed by atoms with Crippen LogP contribution in [-0.2, 0) is 11.3 Å². The number of rotatable bonds is 7. The van der Waals surface area contributed by atoms with Crippen molar-refractivity contribution in [2.24, 2.45) is 5.92 Å². The molecule has 148 valence electrons. The van der Waals surface area contributed by atoms with E-state index in [0.717, 1.165) is 31.0 Å². The molecule has 0 saturated carbocycles. The zero-order valence-corrected chi connectivity index (χ0v) is 16.7. The maximum Gasteiger partial charge on any atom is 0.401 e. The number of nitrogens with zero attached hydrogens (tertiary/aromatic N) is 3. The first-order valence-corrected chi connectivity index (χ1v) is 9.66. The quantitative estimate of drug-likeness (QED) is 0.714. The first-order chi connectivity index (χ1) is 12.0. The van der Waals surface area contributed by atoms with Crippen LogP contribution in [-0.4, -0.2) is 73.1 Å². The van der Waals surface area contributed by atoms with E-state index in [0.29, 0.717) is 12.5 Å². The van der Waals surface area contributed by atoms with Gasteiger partial charge in [-0.2, -0.15) is 13.2 Å². The molecule has 0 N–H and O–H groups in total. The average Bonchev–Trinajstić information content (AvgIpc) is 3.13. The first-order valence-electron chi connectivity index (χ1n) is 8.85. The fraction of sp³-hybridized carbons (Fsp3) is 0.722. The summed E-state index contributed by atoms with van der Waals surface area (Å²) in [6.07, 6.45) is -3.29. The number of halogens is 3. The van der Waals surface area contributed by atoms with Crippen LogP contribution in [0.15, 0.2) is 12.1 Å². The van der Waals surface area contributed by atoms with Crippen LogP contribution in [0.2, 0.25) is 0 Å². The smallest absolute Gasteiger partial charge is 0.344 e. The van der Waals surface area contributed by atoms with Gasteiger partial charge in [-0.1, -0.05) is 0 Å². The molecular weight excluding hydrogens is 363 g/mol. The summed E-state index contributed by atoms with van der Waals surface area (Å²) in [5.74, 6) is 0.106. The molecule has 0 radical (unpaired) electrons. The van der Waals surface area contributed by atoms with E-state index in [4.69, 9.17) is 0 Å². The Morgan fingerprint density at radius 2 is 2.08 bits per heavy atom. The van der Waals surface area contributed by atoms with Crippen LogP contribution in [0.3, 0.4) is 0 Å². The third kappa shape index (κ3) is 6.25. The summed E-state index contributed by atoms with van der Waals surface area (Å²) in [7, 11) is 3.02. The summed E-state index contributed by atoms with van der Waals surface area (Å²) in [6.45, 7) is 5.98. The van der Waals surface area contributed by atoms with Crippen LogP contribution in [0.1, 0.15) is 23.1 Å². The van der Waals surface area contributed by atoms with Gasteiger partial charge in [0.2, 0.25) is 5.91 Å². The monoisotopic (exact) mass is 391 g/mol. The van der Waals surface area contributed by atoms with Gasteiger partial charge >= 0.3 is 6.18 Å². The van der Waals surface area contributed by atoms with Crippen LogP contribution in [0.25, 0.3) is 0 Å². The number of likely N-dealkylation sites (tertiary alicyclic amines) is 1. The molecule has 2 rings (SSSR count). The summed E-state index contributed by atoms with van der Waals surface area (Å²) in [6, 6.07) is 3.49. The summed E-state index contributed by atoms with van der Waals surface area (Å²) in [4.78, 5) is 20.1. The van der Waals surface area contributed by atoms with E-state index >= 15 is 0 Å². The highest BCUT2D eigenvalue weighted by atomic mass is 32.1. The van der Waals surface area contributed by atoms with E-state index in [2.05, 4.69) is 24.0 Å². The molecule has 0 aromatic carbocycles. The summed E-state index contributed by atoms with van der Waals surface area (Å²) < 4.78 is 37.5. The van der Waals surface area contributed by atoms with Crippen molar-refractivity contribution in [2.45, 2.75) is 39.0 Å². The molecule has 4 nitrogen and oxygen atoms in total. The molecule has 1 saturated heterocycles. The molecular formula is C18H28F3N3OS. The van der Waals surface area contributed by atoms with Crippen LogP contribution in [0, 0.1) is 12.8 Å². The van der Waals surface area contributed by atoms with Gasteiger partial charge in [-0.05, 0) is 51.9 Å². The van der Waals surface area contributed by atoms with Crippen LogP contribution < -0.4 is 0 Å². The zero-order valence-electron chi connectivity index (χ0n) is 15.8. The largest absolute Gasteiger partial charge is 0.401 e. The Kier molecular flexibility index (Phi) is 7.10. The van der Waals surface area contributed by atoms with Gasteiger partial charge in [0, 0.05) is 36.4 Å². The molecule has 2 atom stereocenters. The maximum atomic E-state index is 12.5. The third-order valence-corrected chi connectivity index (χ3v) is 5.89. The molecule has 8 heteroatoms. The van der Waals surface area contributed by atoms with Crippen LogP contribution in [0.4, 0.5) is 13.2 Å². The Morgan fingerprint density at radius 3 is 2.65 bits per heavy atom. The molecule has 0 bridgehead atoms. The van der Waals surface area contributed by atoms with Gasteiger partial charge in [0.05, 0.1) is 12.6 Å². The molecule has 1 amide bonds. The Hall–Kier alpha value is -1.12. The van der Waals surface area contributed by atoms with Crippen LogP contribution in [0.5, 0.6) is 0 Å². The molecule has 0 spiro atoms. The van der Waals surface area contributed by atoms with E-state index in [9.17, 15) is 18.0 Å². The maximum absolute atomic E-state index is 12.5. The number of aryl methyl sites for hydroxylation is 1. The van der Waals surface area contributed by atoms with E-state index in [-0.39, 0.29) is 5.91 Å². The van der Waals surface area contributed by atoms with E-state index < -0.39 is 18.8 Å². The van der Waals surface area contributed by atoms with E-state index in [1.807, 2.05) is 0 Å². The van der Waals surface area contributed by atoms with E-state index in [1.165, 1.54) is 23.7 Å². The Morgan fingerprint density at radius 1 is 1.38 bits per heavy atom. The van der Waals surface area contributed by atoms with Crippen molar-refractivity contribution >= 4 is 17.2 Å². The normalized spacial score (nSPS) is 19.9. The van der Waals surface area contributed by atoms with Crippen LogP contribution >= 0.6 is 11.3 Å². The van der Waals surface area contributed by atoms with Gasteiger partial charge < -0.3 is 4.90 Å². The van der Waals surface area contributed by atoms with Crippen molar-refractivity contribution < 1.29 is 18.0 Å². The lowest BCUT2D eigenvalue weighted by molar-refractivity contribution is -0.154. The number of carbonyl (C=O) groups excluding carboxylic acids is 1. The van der Waals surface area contributed by atoms with Gasteiger partial charge in [0.15, 0.2) is 0 Å². The number of hydrogen-bond acceptors (Lipinski definition) is 4. The summed E-state index contributed by atoms with van der Waals surface area (Å²) in [5, 5.41) is 0. The molecule has 2 heterocycles.